The van der Waals surface area contributed by atoms with Crippen molar-refractivity contribution >= 4 is 44.8 Å². The molecule has 2 nitrogen and oxygen atoms in total. The van der Waals surface area contributed by atoms with Crippen molar-refractivity contribution in [2.24, 2.45) is 5.92 Å². The van der Waals surface area contributed by atoms with E-state index in [4.69, 9.17) is 11.6 Å². The number of halogens is 2. The molecule has 0 saturated carbocycles. The first kappa shape index (κ1) is 13.4. The molecule has 0 aromatic carbocycles. The van der Waals surface area contributed by atoms with Gasteiger partial charge in [0.25, 0.3) is 5.91 Å². The third kappa shape index (κ3) is 2.85. The van der Waals surface area contributed by atoms with Gasteiger partial charge in [-0.15, -0.1) is 11.3 Å². The Labute approximate surface area is 119 Å². The topological polar surface area (TPSA) is 20.3 Å². The van der Waals surface area contributed by atoms with E-state index >= 15 is 0 Å². The van der Waals surface area contributed by atoms with E-state index in [-0.39, 0.29) is 5.91 Å². The molecule has 0 spiro atoms. The molecule has 1 aromatic heterocycles. The van der Waals surface area contributed by atoms with Crippen molar-refractivity contribution in [2.45, 2.75) is 19.8 Å². The lowest BCUT2D eigenvalue weighted by molar-refractivity contribution is 0.0691. The molecule has 1 unspecified atom stereocenters. The fourth-order valence-corrected chi connectivity index (χ4v) is 3.86. The van der Waals surface area contributed by atoms with E-state index in [1.54, 1.807) is 0 Å². The highest BCUT2D eigenvalue weighted by Crippen LogP contribution is 2.30. The van der Waals surface area contributed by atoms with Crippen LogP contribution in [-0.4, -0.2) is 29.2 Å². The molecule has 1 atom stereocenters. The molecule has 94 valence electrons. The number of carbonyl (C=O) groups excluding carboxylic acids is 1. The van der Waals surface area contributed by atoms with E-state index in [0.717, 1.165) is 30.4 Å². The molecule has 2 heterocycles. The Morgan fingerprint density at radius 2 is 2.47 bits per heavy atom. The molecule has 1 aliphatic rings. The maximum Gasteiger partial charge on any atom is 0.265 e. The zero-order chi connectivity index (χ0) is 12.4. The predicted octanol–water partition coefficient (Wildman–Crippen LogP) is 3.96. The first-order chi connectivity index (χ1) is 8.13. The van der Waals surface area contributed by atoms with Crippen molar-refractivity contribution in [1.29, 1.82) is 0 Å². The number of aryl methyl sites for hydroxylation is 1. The number of carbonyl (C=O) groups is 1. The van der Waals surface area contributed by atoms with Gasteiger partial charge in [-0.2, -0.15) is 0 Å². The van der Waals surface area contributed by atoms with Gasteiger partial charge in [0.1, 0.15) is 4.88 Å². The second-order valence-electron chi connectivity index (χ2n) is 4.48. The van der Waals surface area contributed by atoms with E-state index < -0.39 is 0 Å². The number of alkyl halides is 1. The van der Waals surface area contributed by atoms with Crippen LogP contribution in [0.15, 0.2) is 5.38 Å². The Kier molecular flexibility index (Phi) is 4.50. The minimum atomic E-state index is 0.0961. The molecule has 0 bridgehead atoms. The van der Waals surface area contributed by atoms with Crippen molar-refractivity contribution in [3.05, 3.63) is 20.8 Å². The molecule has 0 aliphatic carbocycles. The van der Waals surface area contributed by atoms with Crippen molar-refractivity contribution in [1.82, 2.24) is 4.90 Å². The quantitative estimate of drug-likeness (QED) is 0.749. The van der Waals surface area contributed by atoms with Gasteiger partial charge in [0.15, 0.2) is 0 Å². The van der Waals surface area contributed by atoms with Crippen LogP contribution in [0, 0.1) is 12.8 Å². The summed E-state index contributed by atoms with van der Waals surface area (Å²) in [5, 5.41) is 3.54. The first-order valence-electron chi connectivity index (χ1n) is 5.72. The van der Waals surface area contributed by atoms with Crippen LogP contribution in [0.25, 0.3) is 0 Å². The summed E-state index contributed by atoms with van der Waals surface area (Å²) in [5.41, 5.74) is 0.995. The van der Waals surface area contributed by atoms with Gasteiger partial charge in [0.05, 0.1) is 5.02 Å². The van der Waals surface area contributed by atoms with Crippen molar-refractivity contribution in [2.75, 3.05) is 18.4 Å². The Hall–Kier alpha value is -0.0600. The maximum atomic E-state index is 12.3. The fourth-order valence-electron chi connectivity index (χ4n) is 2.09. The SMILES string of the molecule is Cc1csc(C(=O)N2CCCC(CBr)C2)c1Cl. The summed E-state index contributed by atoms with van der Waals surface area (Å²) >= 11 is 11.1. The van der Waals surface area contributed by atoms with Gasteiger partial charge in [-0.25, -0.2) is 0 Å². The zero-order valence-electron chi connectivity index (χ0n) is 9.71. The highest BCUT2D eigenvalue weighted by Gasteiger charge is 2.26. The average molecular weight is 337 g/mol. The van der Waals surface area contributed by atoms with Crippen molar-refractivity contribution in [3.8, 4) is 0 Å². The van der Waals surface area contributed by atoms with Gasteiger partial charge >= 0.3 is 0 Å². The van der Waals surface area contributed by atoms with E-state index in [0.29, 0.717) is 15.8 Å². The number of hydrogen-bond donors (Lipinski definition) is 0. The standard InChI is InChI=1S/C12H15BrClNOS/c1-8-7-17-11(10(8)14)12(16)15-4-2-3-9(5-13)6-15/h7,9H,2-6H2,1H3. The van der Waals surface area contributed by atoms with Crippen LogP contribution in [0.3, 0.4) is 0 Å². The van der Waals surface area contributed by atoms with Gasteiger partial charge in [-0.05, 0) is 36.6 Å². The van der Waals surface area contributed by atoms with Crippen LogP contribution in [0.1, 0.15) is 28.1 Å². The Bertz CT molecular complexity index is 421. The highest BCUT2D eigenvalue weighted by atomic mass is 79.9. The lowest BCUT2D eigenvalue weighted by atomic mass is 10.00. The van der Waals surface area contributed by atoms with Crippen LogP contribution in [-0.2, 0) is 0 Å². The predicted molar refractivity (Wildman–Crippen MR) is 76.5 cm³/mol. The average Bonchev–Trinajstić information content (AvgIpc) is 2.69. The molecule has 1 fully saturated rings. The molecule has 0 radical (unpaired) electrons. The number of thiophene rings is 1. The normalized spacial score (nSPS) is 20.6. The third-order valence-corrected chi connectivity index (χ3v) is 5.72. The number of piperidine rings is 1. The van der Waals surface area contributed by atoms with Crippen LogP contribution >= 0.6 is 38.9 Å². The van der Waals surface area contributed by atoms with Crippen molar-refractivity contribution in [3.63, 3.8) is 0 Å². The summed E-state index contributed by atoms with van der Waals surface area (Å²) in [4.78, 5) is 15.0. The van der Waals surface area contributed by atoms with Crippen molar-refractivity contribution < 1.29 is 4.79 Å². The molecule has 17 heavy (non-hydrogen) atoms. The Balaban J connectivity index is 2.12. The second-order valence-corrected chi connectivity index (χ2v) is 6.38. The van der Waals surface area contributed by atoms with Gasteiger partial charge in [0.2, 0.25) is 0 Å². The largest absolute Gasteiger partial charge is 0.338 e. The minimum absolute atomic E-state index is 0.0961. The summed E-state index contributed by atoms with van der Waals surface area (Å²) in [7, 11) is 0. The highest BCUT2D eigenvalue weighted by molar-refractivity contribution is 9.09. The second kappa shape index (κ2) is 5.72. The number of rotatable bonds is 2. The molecule has 5 heteroatoms. The molecule has 2 rings (SSSR count). The van der Waals surface area contributed by atoms with E-state index in [1.807, 2.05) is 17.2 Å². The Morgan fingerprint density at radius 3 is 3.06 bits per heavy atom. The van der Waals surface area contributed by atoms with E-state index in [2.05, 4.69) is 15.9 Å². The summed E-state index contributed by atoms with van der Waals surface area (Å²) < 4.78 is 0. The molecule has 1 saturated heterocycles. The van der Waals surface area contributed by atoms with Crippen LogP contribution in [0.2, 0.25) is 5.02 Å². The number of likely N-dealkylation sites (tertiary alicyclic amines) is 1. The Morgan fingerprint density at radius 1 is 1.71 bits per heavy atom. The van der Waals surface area contributed by atoms with E-state index in [9.17, 15) is 4.79 Å². The summed E-state index contributed by atoms with van der Waals surface area (Å²) in [6.45, 7) is 3.64. The van der Waals surface area contributed by atoms with Crippen LogP contribution < -0.4 is 0 Å². The van der Waals surface area contributed by atoms with Crippen LogP contribution in [0.5, 0.6) is 0 Å². The molecule has 1 aromatic rings. The number of amides is 1. The summed E-state index contributed by atoms with van der Waals surface area (Å²) in [6, 6.07) is 0. The van der Waals surface area contributed by atoms with Gasteiger partial charge in [-0.1, -0.05) is 27.5 Å². The molecular formula is C12H15BrClNOS. The summed E-state index contributed by atoms with van der Waals surface area (Å²) in [5.74, 6) is 0.672. The fraction of sp³-hybridized carbons (Fsp3) is 0.583. The maximum absolute atomic E-state index is 12.3. The molecule has 0 N–H and O–H groups in total. The monoisotopic (exact) mass is 335 g/mol. The molecular weight excluding hydrogens is 322 g/mol. The van der Waals surface area contributed by atoms with Gasteiger partial charge < -0.3 is 4.90 Å². The summed E-state index contributed by atoms with van der Waals surface area (Å²) in [6.07, 6.45) is 2.29. The van der Waals surface area contributed by atoms with Gasteiger partial charge in [0, 0.05) is 18.4 Å². The third-order valence-electron chi connectivity index (χ3n) is 3.12. The van der Waals surface area contributed by atoms with E-state index in [1.165, 1.54) is 17.8 Å². The lowest BCUT2D eigenvalue weighted by Crippen LogP contribution is -2.40. The number of nitrogens with zero attached hydrogens (tertiary/aromatic N) is 1. The van der Waals surface area contributed by atoms with Gasteiger partial charge in [-0.3, -0.25) is 4.79 Å². The smallest absolute Gasteiger partial charge is 0.265 e. The minimum Gasteiger partial charge on any atom is -0.338 e. The van der Waals surface area contributed by atoms with Crippen LogP contribution in [0.4, 0.5) is 0 Å². The number of hydrogen-bond acceptors (Lipinski definition) is 2. The molecule has 1 amide bonds. The molecule has 1 aliphatic heterocycles. The zero-order valence-corrected chi connectivity index (χ0v) is 12.9. The lowest BCUT2D eigenvalue weighted by Gasteiger charge is -2.31. The first-order valence-corrected chi connectivity index (χ1v) is 8.10.